The molecule has 114 valence electrons. The summed E-state index contributed by atoms with van der Waals surface area (Å²) in [6.07, 6.45) is 3.14. The van der Waals surface area contributed by atoms with Gasteiger partial charge < -0.3 is 10.2 Å². The lowest BCUT2D eigenvalue weighted by atomic mass is 10.1. The number of hydrogen-bond donors (Lipinski definition) is 1. The van der Waals surface area contributed by atoms with Gasteiger partial charge in [0.05, 0.1) is 6.20 Å². The van der Waals surface area contributed by atoms with Crippen molar-refractivity contribution in [1.29, 1.82) is 0 Å². The number of benzene rings is 1. The Bertz CT molecular complexity index is 650. The van der Waals surface area contributed by atoms with Gasteiger partial charge in [-0.1, -0.05) is 36.9 Å². The maximum absolute atomic E-state index is 11.4. The van der Waals surface area contributed by atoms with Gasteiger partial charge in [0.2, 0.25) is 5.91 Å². The van der Waals surface area contributed by atoms with Crippen LogP contribution < -0.4 is 10.2 Å². The smallest absolute Gasteiger partial charge is 0.243 e. The predicted molar refractivity (Wildman–Crippen MR) is 86.4 cm³/mol. The van der Waals surface area contributed by atoms with E-state index in [1.807, 2.05) is 23.0 Å². The SMILES string of the molecule is C=CC(=O)NC[C@@H]1CN(Cc2ccccc2)c2ccnn2C1. The average molecular weight is 296 g/mol. The zero-order chi connectivity index (χ0) is 15.4. The quantitative estimate of drug-likeness (QED) is 0.856. The molecule has 1 N–H and O–H groups in total. The number of fused-ring (bicyclic) bond motifs is 1. The molecule has 0 saturated heterocycles. The first-order valence-electron chi connectivity index (χ1n) is 7.47. The summed E-state index contributed by atoms with van der Waals surface area (Å²) in [5, 5.41) is 7.27. The number of amides is 1. The first-order chi connectivity index (χ1) is 10.8. The summed E-state index contributed by atoms with van der Waals surface area (Å²) in [7, 11) is 0. The molecule has 1 amide bonds. The van der Waals surface area contributed by atoms with E-state index in [4.69, 9.17) is 0 Å². The average Bonchev–Trinajstić information content (AvgIpc) is 3.02. The predicted octanol–water partition coefficient (Wildman–Crippen LogP) is 1.82. The van der Waals surface area contributed by atoms with Gasteiger partial charge in [0.25, 0.3) is 0 Å². The van der Waals surface area contributed by atoms with Gasteiger partial charge in [0, 0.05) is 38.2 Å². The lowest BCUT2D eigenvalue weighted by Gasteiger charge is -2.35. The summed E-state index contributed by atoms with van der Waals surface area (Å²) in [5.41, 5.74) is 1.27. The van der Waals surface area contributed by atoms with E-state index in [1.165, 1.54) is 11.6 Å². The fourth-order valence-electron chi connectivity index (χ4n) is 2.84. The highest BCUT2D eigenvalue weighted by molar-refractivity contribution is 5.86. The van der Waals surface area contributed by atoms with Crippen molar-refractivity contribution in [3.8, 4) is 0 Å². The Kier molecular flexibility index (Phi) is 4.23. The largest absolute Gasteiger partial charge is 0.352 e. The maximum Gasteiger partial charge on any atom is 0.243 e. The summed E-state index contributed by atoms with van der Waals surface area (Å²) >= 11 is 0. The van der Waals surface area contributed by atoms with Crippen LogP contribution in [0.1, 0.15) is 5.56 Å². The van der Waals surface area contributed by atoms with Crippen molar-refractivity contribution in [2.45, 2.75) is 13.1 Å². The second kappa shape index (κ2) is 6.47. The molecule has 0 radical (unpaired) electrons. The van der Waals surface area contributed by atoms with Crippen LogP contribution in [0.3, 0.4) is 0 Å². The highest BCUT2D eigenvalue weighted by Gasteiger charge is 2.25. The Balaban J connectivity index is 1.72. The standard InChI is InChI=1S/C17H20N4O/c1-2-16(22)18-10-15-12-20(11-14-6-4-3-5-7-14)17-8-9-19-21(17)13-15/h2-9,15H,1,10-13H2,(H,18,22)/t15-/m1/s1. The fourth-order valence-corrected chi connectivity index (χ4v) is 2.84. The van der Waals surface area contributed by atoms with Gasteiger partial charge in [0.15, 0.2) is 0 Å². The fraction of sp³-hybridized carbons (Fsp3) is 0.294. The number of carbonyl (C=O) groups excluding carboxylic acids is 1. The lowest BCUT2D eigenvalue weighted by Crippen LogP contribution is -2.43. The molecular weight excluding hydrogens is 276 g/mol. The summed E-state index contributed by atoms with van der Waals surface area (Å²) in [6, 6.07) is 12.4. The normalized spacial score (nSPS) is 16.9. The third-order valence-electron chi connectivity index (χ3n) is 3.89. The first-order valence-corrected chi connectivity index (χ1v) is 7.47. The monoisotopic (exact) mass is 296 g/mol. The topological polar surface area (TPSA) is 50.2 Å². The summed E-state index contributed by atoms with van der Waals surface area (Å²) in [4.78, 5) is 13.7. The number of hydrogen-bond acceptors (Lipinski definition) is 3. The van der Waals surface area contributed by atoms with Crippen LogP contribution in [0.25, 0.3) is 0 Å². The number of aromatic nitrogens is 2. The van der Waals surface area contributed by atoms with Crippen LogP contribution in [0.15, 0.2) is 55.3 Å². The molecule has 3 rings (SSSR count). The minimum absolute atomic E-state index is 0.124. The van der Waals surface area contributed by atoms with Crippen molar-refractivity contribution in [3.05, 3.63) is 60.8 Å². The van der Waals surface area contributed by atoms with E-state index in [9.17, 15) is 4.79 Å². The summed E-state index contributed by atoms with van der Waals surface area (Å²) < 4.78 is 2.01. The summed E-state index contributed by atoms with van der Waals surface area (Å²) in [6.45, 7) is 6.69. The Labute approximate surface area is 130 Å². The molecule has 0 saturated carbocycles. The van der Waals surface area contributed by atoms with Crippen molar-refractivity contribution >= 4 is 11.7 Å². The van der Waals surface area contributed by atoms with Crippen molar-refractivity contribution in [1.82, 2.24) is 15.1 Å². The van der Waals surface area contributed by atoms with Gasteiger partial charge in [-0.2, -0.15) is 5.10 Å². The molecular formula is C17H20N4O. The Morgan fingerprint density at radius 2 is 2.14 bits per heavy atom. The molecule has 0 unspecified atom stereocenters. The number of carbonyl (C=O) groups is 1. The third-order valence-corrected chi connectivity index (χ3v) is 3.89. The van der Waals surface area contributed by atoms with Crippen LogP contribution in [0.4, 0.5) is 5.82 Å². The lowest BCUT2D eigenvalue weighted by molar-refractivity contribution is -0.116. The van der Waals surface area contributed by atoms with Gasteiger partial charge in [-0.3, -0.25) is 4.79 Å². The molecule has 1 aromatic carbocycles. The van der Waals surface area contributed by atoms with E-state index in [0.717, 1.165) is 25.5 Å². The molecule has 5 nitrogen and oxygen atoms in total. The van der Waals surface area contributed by atoms with Crippen molar-refractivity contribution in [2.75, 3.05) is 18.0 Å². The molecule has 2 aromatic rings. The van der Waals surface area contributed by atoms with Crippen molar-refractivity contribution in [2.24, 2.45) is 5.92 Å². The molecule has 1 aromatic heterocycles. The van der Waals surface area contributed by atoms with Gasteiger partial charge in [-0.05, 0) is 11.6 Å². The molecule has 1 aliphatic rings. The molecule has 5 heteroatoms. The minimum atomic E-state index is -0.124. The van der Waals surface area contributed by atoms with Crippen LogP contribution >= 0.6 is 0 Å². The van der Waals surface area contributed by atoms with Gasteiger partial charge in [0.1, 0.15) is 5.82 Å². The van der Waals surface area contributed by atoms with Gasteiger partial charge in [-0.25, -0.2) is 4.68 Å². The Morgan fingerprint density at radius 3 is 2.91 bits per heavy atom. The van der Waals surface area contributed by atoms with Gasteiger partial charge >= 0.3 is 0 Å². The number of nitrogens with one attached hydrogen (secondary N) is 1. The second-order valence-corrected chi connectivity index (χ2v) is 5.55. The molecule has 2 heterocycles. The van der Waals surface area contributed by atoms with Crippen molar-refractivity contribution in [3.63, 3.8) is 0 Å². The number of anilines is 1. The van der Waals surface area contributed by atoms with Crippen LogP contribution in [0.5, 0.6) is 0 Å². The highest BCUT2D eigenvalue weighted by Crippen LogP contribution is 2.24. The molecule has 0 aliphatic carbocycles. The zero-order valence-electron chi connectivity index (χ0n) is 12.5. The van der Waals surface area contributed by atoms with E-state index in [1.54, 1.807) is 0 Å². The molecule has 0 bridgehead atoms. The van der Waals surface area contributed by atoms with E-state index < -0.39 is 0 Å². The Morgan fingerprint density at radius 1 is 1.32 bits per heavy atom. The third kappa shape index (κ3) is 3.19. The van der Waals surface area contributed by atoms with E-state index >= 15 is 0 Å². The Hall–Kier alpha value is -2.56. The molecule has 0 fully saturated rings. The van der Waals surface area contributed by atoms with Crippen molar-refractivity contribution < 1.29 is 4.79 Å². The molecule has 0 spiro atoms. The number of rotatable bonds is 5. The van der Waals surface area contributed by atoms with Gasteiger partial charge in [-0.15, -0.1) is 0 Å². The zero-order valence-corrected chi connectivity index (χ0v) is 12.5. The maximum atomic E-state index is 11.4. The second-order valence-electron chi connectivity index (χ2n) is 5.55. The molecule has 1 aliphatic heterocycles. The number of nitrogens with zero attached hydrogens (tertiary/aromatic N) is 3. The molecule has 1 atom stereocenters. The van der Waals surface area contributed by atoms with Crippen LogP contribution in [-0.2, 0) is 17.9 Å². The summed E-state index contributed by atoms with van der Waals surface area (Å²) in [5.74, 6) is 1.34. The van der Waals surface area contributed by atoms with E-state index in [2.05, 4.69) is 46.2 Å². The highest BCUT2D eigenvalue weighted by atomic mass is 16.1. The first kappa shape index (κ1) is 14.4. The van der Waals surface area contributed by atoms with Crippen LogP contribution in [0, 0.1) is 5.92 Å². The molecule has 22 heavy (non-hydrogen) atoms. The van der Waals surface area contributed by atoms with Crippen LogP contribution in [-0.4, -0.2) is 28.8 Å². The van der Waals surface area contributed by atoms with E-state index in [-0.39, 0.29) is 5.91 Å². The minimum Gasteiger partial charge on any atom is -0.352 e. The van der Waals surface area contributed by atoms with Crippen LogP contribution in [0.2, 0.25) is 0 Å². The van der Waals surface area contributed by atoms with E-state index in [0.29, 0.717) is 12.5 Å².